The lowest BCUT2D eigenvalue weighted by atomic mass is 9.79. The maximum atomic E-state index is 7.12. The third-order valence-corrected chi connectivity index (χ3v) is 20.8. The van der Waals surface area contributed by atoms with E-state index in [-0.39, 0.29) is 28.2 Å². The quantitative estimate of drug-likeness (QED) is 0.0939. The first-order valence-corrected chi connectivity index (χ1v) is 34.7. The molecule has 11 heteroatoms. The molecule has 1 aliphatic rings. The highest BCUT2D eigenvalue weighted by molar-refractivity contribution is 6.62. The van der Waals surface area contributed by atoms with E-state index in [9.17, 15) is 0 Å². The maximum absolute atomic E-state index is 7.12. The molecule has 6 nitrogen and oxygen atoms in total. The number of benzene rings is 14. The van der Waals surface area contributed by atoms with Gasteiger partial charge in [-0.05, 0) is 170 Å². The number of rotatable bonds is 6. The summed E-state index contributed by atoms with van der Waals surface area (Å²) in [5.74, 6) is 0. The van der Waals surface area contributed by atoms with Crippen molar-refractivity contribution in [2.75, 3.05) is 0 Å². The minimum absolute atomic E-state index is 0. The van der Waals surface area contributed by atoms with Gasteiger partial charge in [0.25, 0.3) is 0 Å². The van der Waals surface area contributed by atoms with Gasteiger partial charge in [-0.15, -0.1) is 0 Å². The number of para-hydroxylation sites is 2. The van der Waals surface area contributed by atoms with Crippen molar-refractivity contribution < 1.29 is 10.7 Å². The fourth-order valence-corrected chi connectivity index (χ4v) is 14.9. The molecule has 0 unspecified atom stereocenters. The minimum atomic E-state index is -0.330. The summed E-state index contributed by atoms with van der Waals surface area (Å²) in [7, 11) is -0.330. The van der Waals surface area contributed by atoms with E-state index in [1.807, 2.05) is 48.5 Å². The number of aromatic nitrogens is 4. The molecular formula is C90H64B2Cl3N4O2. The molecule has 4 aromatic heterocycles. The average Bonchev–Trinajstić information content (AvgIpc) is 1.08. The number of fused-ring (bicyclic) bond motifs is 14. The SMILES string of the molecule is CC1(C)OB(c2ccc(-c3ccc4ccccc4n3)cc2)OC1(C)C.Clc1cc(-c2ccc(-c3ccc4ccccc4n3)cc2)nc2c1cc(-c1cc3ccccc3c3ccccc13)c1ccccc12.Clc1cc(Cl)c2cc(-c3cc4ccccc4c4ccccc34)c3ccccc3c2n1.[2HH].[B]. The second kappa shape index (κ2) is 26.4. The molecule has 0 amide bonds. The third-order valence-electron chi connectivity index (χ3n) is 20.0. The van der Waals surface area contributed by atoms with Crippen molar-refractivity contribution in [2.24, 2.45) is 0 Å². The second-order valence-electron chi connectivity index (χ2n) is 26.6. The van der Waals surface area contributed by atoms with Crippen LogP contribution in [0.4, 0.5) is 0 Å². The predicted molar refractivity (Wildman–Crippen MR) is 431 cm³/mol. The van der Waals surface area contributed by atoms with E-state index in [0.29, 0.717) is 15.2 Å². The van der Waals surface area contributed by atoms with E-state index in [0.717, 1.165) is 116 Å². The Hall–Kier alpha value is -10.8. The first kappa shape index (κ1) is 64.8. The molecular weight excluding hydrogens is 1300 g/mol. The van der Waals surface area contributed by atoms with Crippen LogP contribution in [-0.4, -0.2) is 46.7 Å². The number of nitrogens with zero attached hydrogens (tertiary/aromatic N) is 4. The lowest BCUT2D eigenvalue weighted by Gasteiger charge is -2.32. The van der Waals surface area contributed by atoms with Gasteiger partial charge >= 0.3 is 7.12 Å². The second-order valence-corrected chi connectivity index (χ2v) is 27.8. The van der Waals surface area contributed by atoms with Gasteiger partial charge in [-0.2, -0.15) is 0 Å². The summed E-state index contributed by atoms with van der Waals surface area (Å²) in [6.45, 7) is 8.28. The monoisotopic (exact) mass is 1360 g/mol. The van der Waals surface area contributed by atoms with Crippen molar-refractivity contribution in [1.29, 1.82) is 0 Å². The molecule has 1 saturated heterocycles. The molecule has 101 heavy (non-hydrogen) atoms. The van der Waals surface area contributed by atoms with Crippen molar-refractivity contribution in [3.63, 3.8) is 0 Å². The third kappa shape index (κ3) is 12.0. The van der Waals surface area contributed by atoms with E-state index in [1.54, 1.807) is 6.07 Å². The van der Waals surface area contributed by atoms with E-state index in [4.69, 9.17) is 59.1 Å². The van der Waals surface area contributed by atoms with E-state index < -0.39 is 0 Å². The van der Waals surface area contributed by atoms with Gasteiger partial charge in [-0.25, -0.2) is 19.9 Å². The fraction of sp³-hybridized carbons (Fsp3) is 0.0667. The molecule has 483 valence electrons. The van der Waals surface area contributed by atoms with Crippen LogP contribution in [0.5, 0.6) is 0 Å². The highest BCUT2D eigenvalue weighted by Crippen LogP contribution is 2.45. The Morgan fingerprint density at radius 1 is 0.287 bits per heavy atom. The Balaban J connectivity index is 0.000000129. The van der Waals surface area contributed by atoms with Crippen LogP contribution in [0.3, 0.4) is 0 Å². The lowest BCUT2D eigenvalue weighted by Crippen LogP contribution is -2.41. The average molecular weight is 1360 g/mol. The van der Waals surface area contributed by atoms with Crippen LogP contribution in [0.15, 0.2) is 303 Å². The van der Waals surface area contributed by atoms with Crippen LogP contribution < -0.4 is 5.46 Å². The summed E-state index contributed by atoms with van der Waals surface area (Å²) in [5, 5.41) is 20.2. The summed E-state index contributed by atoms with van der Waals surface area (Å²) in [4.78, 5) is 19.4. The topological polar surface area (TPSA) is 70.0 Å². The zero-order chi connectivity index (χ0) is 67.8. The minimum Gasteiger partial charge on any atom is -0.399 e. The van der Waals surface area contributed by atoms with Gasteiger partial charge in [0.1, 0.15) is 5.15 Å². The van der Waals surface area contributed by atoms with Gasteiger partial charge in [-0.1, -0.05) is 277 Å². The Morgan fingerprint density at radius 3 is 1.08 bits per heavy atom. The summed E-state index contributed by atoms with van der Waals surface area (Å²) in [6, 6.07) is 105. The van der Waals surface area contributed by atoms with Gasteiger partial charge < -0.3 is 9.31 Å². The summed E-state index contributed by atoms with van der Waals surface area (Å²) in [6.07, 6.45) is 0. The Kier molecular flexibility index (Phi) is 16.9. The van der Waals surface area contributed by atoms with Crippen molar-refractivity contribution in [1.82, 2.24) is 19.9 Å². The standard InChI is InChI=1S/C42H25ClN2.C27H15Cl2N.C21H22BNO2.B.H2/c43-38-25-41(28-19-17-27(18-20-28)40-22-21-26-9-2-8-16-39(26)44-40)45-42-34-15-7-6-14-33(34)36(24-37(38)42)35-23-29-10-1-3-11-30(29)31-12-4-5-13-32(31)35;28-25-15-26(29)30-27-21-12-6-5-11-20(21)23(14-24(25)27)22-13-16-7-1-2-8-17(16)18-9-3-4-10-19(18)22;1-20(2)21(3,4)25-22(24-20)17-12-9-16(10-13-17)19-14-11-15-7-5-6-8-18(15)23-19;;/h1-25H;1-15H;5-14H,1-4H3;;1H/i;;;;1+1. The smallest absolute Gasteiger partial charge is 0.399 e. The molecule has 0 spiro atoms. The zero-order valence-electron chi connectivity index (χ0n) is 55.8. The fourth-order valence-electron chi connectivity index (χ4n) is 14.2. The molecule has 0 aliphatic carbocycles. The molecule has 1 aliphatic heterocycles. The molecule has 18 aromatic rings. The zero-order valence-corrected chi connectivity index (χ0v) is 58.0. The van der Waals surface area contributed by atoms with Crippen molar-refractivity contribution in [3.05, 3.63) is 319 Å². The largest absolute Gasteiger partial charge is 0.494 e. The molecule has 14 aromatic carbocycles. The number of hydrogen-bond acceptors (Lipinski definition) is 6. The Morgan fingerprint density at radius 2 is 0.624 bits per heavy atom. The van der Waals surface area contributed by atoms with Crippen molar-refractivity contribution >= 4 is 164 Å². The van der Waals surface area contributed by atoms with Gasteiger partial charge in [0, 0.05) is 58.8 Å². The molecule has 0 saturated carbocycles. The maximum Gasteiger partial charge on any atom is 0.494 e. The molecule has 0 bridgehead atoms. The van der Waals surface area contributed by atoms with E-state index in [1.165, 1.54) is 54.2 Å². The van der Waals surface area contributed by atoms with Crippen molar-refractivity contribution in [2.45, 2.75) is 38.9 Å². The highest BCUT2D eigenvalue weighted by atomic mass is 35.5. The first-order valence-electron chi connectivity index (χ1n) is 33.6. The first-order chi connectivity index (χ1) is 48.8. The van der Waals surface area contributed by atoms with Crippen molar-refractivity contribution in [3.8, 4) is 56.0 Å². The molecule has 3 radical (unpaired) electrons. The van der Waals surface area contributed by atoms with Crippen LogP contribution >= 0.6 is 34.8 Å². The highest BCUT2D eigenvalue weighted by Gasteiger charge is 2.51. The summed E-state index contributed by atoms with van der Waals surface area (Å²) in [5.41, 5.74) is 14.7. The number of halogens is 3. The molecule has 19 rings (SSSR count). The van der Waals surface area contributed by atoms with Gasteiger partial charge in [0.2, 0.25) is 0 Å². The van der Waals surface area contributed by atoms with Crippen LogP contribution in [-0.2, 0) is 9.31 Å². The van der Waals surface area contributed by atoms with Crippen LogP contribution in [0.1, 0.15) is 29.1 Å². The molecule has 1 fully saturated rings. The van der Waals surface area contributed by atoms with E-state index in [2.05, 4.69) is 281 Å². The summed E-state index contributed by atoms with van der Waals surface area (Å²) >= 11 is 20.0. The van der Waals surface area contributed by atoms with Crippen LogP contribution in [0, 0.1) is 0 Å². The van der Waals surface area contributed by atoms with Crippen LogP contribution in [0.25, 0.3) is 164 Å². The summed E-state index contributed by atoms with van der Waals surface area (Å²) < 4.78 is 12.2. The molecule has 0 N–H and O–H groups in total. The van der Waals surface area contributed by atoms with Gasteiger partial charge in [-0.3, -0.25) is 0 Å². The normalized spacial score (nSPS) is 13.3. The lowest BCUT2D eigenvalue weighted by molar-refractivity contribution is 0.00578. The van der Waals surface area contributed by atoms with Crippen LogP contribution in [0.2, 0.25) is 15.2 Å². The molecule has 0 atom stereocenters. The predicted octanol–water partition coefficient (Wildman–Crippen LogP) is 24.6. The Bertz CT molecular complexity index is 6300. The Labute approximate surface area is 604 Å². The van der Waals surface area contributed by atoms with Gasteiger partial charge in [0.05, 0.1) is 60.4 Å². The molecule has 5 heterocycles. The van der Waals surface area contributed by atoms with Gasteiger partial charge in [0.15, 0.2) is 0 Å². The van der Waals surface area contributed by atoms with E-state index >= 15 is 0 Å². The number of pyridine rings is 4. The number of hydrogen-bond donors (Lipinski definition) is 0.